The number of hydrogen-bond donors (Lipinski definition) is 1. The fourth-order valence-electron chi connectivity index (χ4n) is 3.15. The van der Waals surface area contributed by atoms with E-state index in [4.69, 9.17) is 14.2 Å². The number of fused-ring (bicyclic) bond motifs is 1. The zero-order valence-corrected chi connectivity index (χ0v) is 18.9. The summed E-state index contributed by atoms with van der Waals surface area (Å²) in [6, 6.07) is 10.9. The van der Waals surface area contributed by atoms with Gasteiger partial charge in [0.1, 0.15) is 0 Å². The van der Waals surface area contributed by atoms with Gasteiger partial charge in [0, 0.05) is 37.8 Å². The summed E-state index contributed by atoms with van der Waals surface area (Å²) in [6.45, 7) is 1.12. The second-order valence-electron chi connectivity index (χ2n) is 6.87. The first-order chi connectivity index (χ1) is 15.0. The summed E-state index contributed by atoms with van der Waals surface area (Å²) in [4.78, 5) is 28.4. The van der Waals surface area contributed by atoms with Gasteiger partial charge in [-0.05, 0) is 48.4 Å². The van der Waals surface area contributed by atoms with Crippen LogP contribution in [-0.4, -0.2) is 53.3 Å². The van der Waals surface area contributed by atoms with Crippen molar-refractivity contribution in [3.8, 4) is 11.5 Å². The lowest BCUT2D eigenvalue weighted by Gasteiger charge is -2.27. The molecule has 2 amide bonds. The first-order valence-corrected chi connectivity index (χ1v) is 10.6. The van der Waals surface area contributed by atoms with Gasteiger partial charge >= 0.3 is 0 Å². The molecule has 0 spiro atoms. The molecule has 0 saturated carbocycles. The maximum atomic E-state index is 13.0. The van der Waals surface area contributed by atoms with Crippen LogP contribution in [0, 0.1) is 0 Å². The minimum absolute atomic E-state index is 0.134. The molecule has 3 rings (SSSR count). The van der Waals surface area contributed by atoms with Gasteiger partial charge in [0.25, 0.3) is 11.8 Å². The average Bonchev–Trinajstić information content (AvgIpc) is 2.79. The quantitative estimate of drug-likeness (QED) is 0.497. The van der Waals surface area contributed by atoms with Crippen LogP contribution in [0.25, 0.3) is 6.08 Å². The monoisotopic (exact) mass is 442 g/mol. The third-order valence-electron chi connectivity index (χ3n) is 4.83. The molecule has 1 aliphatic rings. The van der Waals surface area contributed by atoms with Crippen LogP contribution in [0.15, 0.2) is 46.2 Å². The summed E-state index contributed by atoms with van der Waals surface area (Å²) >= 11 is 1.38. The van der Waals surface area contributed by atoms with Gasteiger partial charge in [0.2, 0.25) is 0 Å². The van der Waals surface area contributed by atoms with Crippen molar-refractivity contribution in [3.63, 3.8) is 0 Å². The molecule has 0 atom stereocenters. The van der Waals surface area contributed by atoms with Gasteiger partial charge in [-0.2, -0.15) is 0 Å². The molecule has 31 heavy (non-hydrogen) atoms. The van der Waals surface area contributed by atoms with Crippen LogP contribution in [0.5, 0.6) is 11.5 Å². The van der Waals surface area contributed by atoms with Crippen LogP contribution in [0.3, 0.4) is 0 Å². The molecule has 0 bridgehead atoms. The molecule has 0 fully saturated rings. The van der Waals surface area contributed by atoms with Gasteiger partial charge in [0.15, 0.2) is 11.5 Å². The molecule has 0 radical (unpaired) electrons. The van der Waals surface area contributed by atoms with E-state index in [1.54, 1.807) is 51.5 Å². The van der Waals surface area contributed by atoms with E-state index in [0.717, 1.165) is 16.9 Å². The number of thioether (sulfide) groups is 1. The summed E-state index contributed by atoms with van der Waals surface area (Å²) in [5, 5.41) is 2.87. The van der Waals surface area contributed by atoms with Crippen molar-refractivity contribution in [2.24, 2.45) is 0 Å². The topological polar surface area (TPSA) is 77.1 Å². The van der Waals surface area contributed by atoms with Gasteiger partial charge < -0.3 is 24.4 Å². The summed E-state index contributed by atoms with van der Waals surface area (Å²) < 4.78 is 15.6. The fraction of sp³-hybridized carbons (Fsp3) is 0.304. The van der Waals surface area contributed by atoms with Gasteiger partial charge in [-0.1, -0.05) is 17.8 Å². The average molecular weight is 443 g/mol. The number of rotatable bonds is 8. The van der Waals surface area contributed by atoms with Crippen LogP contribution in [0.4, 0.5) is 5.69 Å². The molecule has 1 N–H and O–H groups in total. The Balaban J connectivity index is 1.82. The maximum absolute atomic E-state index is 13.0. The van der Waals surface area contributed by atoms with Crippen molar-refractivity contribution in [3.05, 3.63) is 52.4 Å². The number of nitrogens with one attached hydrogen (secondary N) is 1. The number of carbonyl (C=O) groups excluding carboxylic acids is 2. The van der Waals surface area contributed by atoms with Gasteiger partial charge in [-0.3, -0.25) is 9.59 Å². The number of likely N-dealkylation sites (N-methyl/N-ethyl adjacent to an activating group) is 1. The Morgan fingerprint density at radius 1 is 1.10 bits per heavy atom. The van der Waals surface area contributed by atoms with E-state index in [-0.39, 0.29) is 11.8 Å². The molecule has 164 valence electrons. The number of benzene rings is 2. The third kappa shape index (κ3) is 5.21. The van der Waals surface area contributed by atoms with E-state index in [0.29, 0.717) is 40.8 Å². The van der Waals surface area contributed by atoms with Crippen LogP contribution >= 0.6 is 11.8 Å². The van der Waals surface area contributed by atoms with E-state index in [1.165, 1.54) is 11.8 Å². The largest absolute Gasteiger partial charge is 0.493 e. The van der Waals surface area contributed by atoms with Crippen molar-refractivity contribution in [2.45, 2.75) is 11.3 Å². The highest BCUT2D eigenvalue weighted by Crippen LogP contribution is 2.42. The zero-order chi connectivity index (χ0) is 22.4. The lowest BCUT2D eigenvalue weighted by molar-refractivity contribution is -0.114. The van der Waals surface area contributed by atoms with E-state index >= 15 is 0 Å². The Morgan fingerprint density at radius 3 is 2.58 bits per heavy atom. The lowest BCUT2D eigenvalue weighted by Crippen LogP contribution is -2.31. The highest BCUT2D eigenvalue weighted by molar-refractivity contribution is 8.04. The predicted octanol–water partition coefficient (Wildman–Crippen LogP) is 3.58. The molecular formula is C23H26N2O5S. The Labute approximate surface area is 186 Å². The molecule has 0 unspecified atom stereocenters. The molecule has 7 nitrogen and oxygen atoms in total. The van der Waals surface area contributed by atoms with E-state index in [1.807, 2.05) is 24.3 Å². The minimum Gasteiger partial charge on any atom is -0.493 e. The number of nitrogens with zero attached hydrogens (tertiary/aromatic N) is 1. The van der Waals surface area contributed by atoms with Crippen LogP contribution < -0.4 is 19.7 Å². The van der Waals surface area contributed by atoms with Crippen molar-refractivity contribution in [1.29, 1.82) is 0 Å². The molecule has 8 heteroatoms. The molecule has 1 heterocycles. The van der Waals surface area contributed by atoms with Gasteiger partial charge in [-0.15, -0.1) is 0 Å². The summed E-state index contributed by atoms with van der Waals surface area (Å²) in [7, 11) is 6.49. The summed E-state index contributed by atoms with van der Waals surface area (Å²) in [6.07, 6.45) is 2.57. The second kappa shape index (κ2) is 10.4. The first kappa shape index (κ1) is 22.7. The van der Waals surface area contributed by atoms with E-state index in [9.17, 15) is 9.59 Å². The standard InChI is InChI=1S/C23H26N2O5S/c1-25-17-14-16(22(26)24-10-5-11-28-2)7-9-20(17)31-21(23(25)27)13-15-6-8-18(29-3)19(12-15)30-4/h6-9,12-14H,5,10-11H2,1-4H3,(H,24,26)/b21-13-. The van der Waals surface area contributed by atoms with Crippen LogP contribution in [-0.2, 0) is 9.53 Å². The van der Waals surface area contributed by atoms with E-state index < -0.39 is 0 Å². The molecule has 0 aromatic heterocycles. The first-order valence-electron chi connectivity index (χ1n) is 9.79. The van der Waals surface area contributed by atoms with Crippen LogP contribution in [0.2, 0.25) is 0 Å². The van der Waals surface area contributed by atoms with Gasteiger partial charge in [-0.25, -0.2) is 0 Å². The van der Waals surface area contributed by atoms with Crippen LogP contribution in [0.1, 0.15) is 22.3 Å². The molecular weight excluding hydrogens is 416 g/mol. The minimum atomic E-state index is -0.170. The Bertz CT molecular complexity index is 1010. The fourth-order valence-corrected chi connectivity index (χ4v) is 4.24. The lowest BCUT2D eigenvalue weighted by atomic mass is 10.1. The van der Waals surface area contributed by atoms with Crippen molar-refractivity contribution in [2.75, 3.05) is 46.4 Å². The van der Waals surface area contributed by atoms with Crippen molar-refractivity contribution in [1.82, 2.24) is 5.32 Å². The highest BCUT2D eigenvalue weighted by atomic mass is 32.2. The number of carbonyl (C=O) groups is 2. The highest BCUT2D eigenvalue weighted by Gasteiger charge is 2.27. The molecule has 2 aromatic carbocycles. The molecule has 2 aromatic rings. The molecule has 0 aliphatic carbocycles. The predicted molar refractivity (Wildman–Crippen MR) is 122 cm³/mol. The number of anilines is 1. The molecule has 1 aliphatic heterocycles. The smallest absolute Gasteiger partial charge is 0.264 e. The number of methoxy groups -OCH3 is 3. The van der Waals surface area contributed by atoms with E-state index in [2.05, 4.69) is 5.32 Å². The Kier molecular flexibility index (Phi) is 7.59. The van der Waals surface area contributed by atoms with Gasteiger partial charge in [0.05, 0.1) is 24.8 Å². The maximum Gasteiger partial charge on any atom is 0.264 e. The molecule has 0 saturated heterocycles. The number of ether oxygens (including phenoxy) is 3. The Hall–Kier alpha value is -2.97. The summed E-state index contributed by atoms with van der Waals surface area (Å²) in [5.41, 5.74) is 2.06. The normalized spacial score (nSPS) is 14.4. The zero-order valence-electron chi connectivity index (χ0n) is 18.1. The number of hydrogen-bond acceptors (Lipinski definition) is 6. The summed E-state index contributed by atoms with van der Waals surface area (Å²) in [5.74, 6) is 0.920. The second-order valence-corrected chi connectivity index (χ2v) is 7.96. The third-order valence-corrected chi connectivity index (χ3v) is 5.91. The van der Waals surface area contributed by atoms with Crippen molar-refractivity contribution < 1.29 is 23.8 Å². The van der Waals surface area contributed by atoms with Crippen molar-refractivity contribution >= 4 is 35.3 Å². The Morgan fingerprint density at radius 2 is 1.87 bits per heavy atom. The number of amides is 2. The SMILES string of the molecule is COCCCNC(=O)c1ccc2c(c1)N(C)C(=O)/C(=C/c1ccc(OC)c(OC)c1)S2.